The molecule has 0 unspecified atom stereocenters. The molecule has 11 heteroatoms. The van der Waals surface area contributed by atoms with Gasteiger partial charge in [-0.05, 0) is 73.2 Å². The lowest BCUT2D eigenvalue weighted by Gasteiger charge is -2.14. The number of carbonyl (C=O) groups excluding carboxylic acids is 1. The van der Waals surface area contributed by atoms with Crippen LogP contribution < -0.4 is 26.1 Å². The number of aromatic nitrogens is 3. The second-order valence-electron chi connectivity index (χ2n) is 9.03. The van der Waals surface area contributed by atoms with Crippen LogP contribution in [-0.4, -0.2) is 34.2 Å². The summed E-state index contributed by atoms with van der Waals surface area (Å²) in [6.45, 7) is 1.92. The smallest absolute Gasteiger partial charge is 0.271 e. The normalized spacial score (nSPS) is 10.8. The van der Waals surface area contributed by atoms with Crippen molar-refractivity contribution in [2.45, 2.75) is 6.92 Å². The van der Waals surface area contributed by atoms with Crippen LogP contribution in [0.15, 0.2) is 90.1 Å². The number of halogens is 2. The van der Waals surface area contributed by atoms with E-state index in [2.05, 4.69) is 15.3 Å². The number of carbonyl (C=O) groups is 1. The summed E-state index contributed by atoms with van der Waals surface area (Å²) in [6, 6.07) is 16.0. The largest absolute Gasteiger partial charge is 0.496 e. The van der Waals surface area contributed by atoms with Crippen molar-refractivity contribution < 1.29 is 23.0 Å². The maximum absolute atomic E-state index is 15.4. The van der Waals surface area contributed by atoms with Crippen molar-refractivity contribution >= 4 is 17.5 Å². The summed E-state index contributed by atoms with van der Waals surface area (Å²) >= 11 is 0. The van der Waals surface area contributed by atoms with Gasteiger partial charge in [0.15, 0.2) is 0 Å². The molecule has 3 N–H and O–H groups in total. The fourth-order valence-corrected chi connectivity index (χ4v) is 4.41. The Bertz CT molecular complexity index is 1820. The summed E-state index contributed by atoms with van der Waals surface area (Å²) in [5.74, 6) is -1.15. The molecule has 2 aromatic heterocycles. The minimum absolute atomic E-state index is 0.0628. The molecule has 0 aliphatic rings. The Morgan fingerprint density at radius 3 is 2.33 bits per heavy atom. The number of nitrogens with zero attached hydrogens (tertiary/aromatic N) is 3. The van der Waals surface area contributed by atoms with Crippen LogP contribution in [0.25, 0.3) is 27.9 Å². The standard InChI is InChI=1S/C31H25F2N5O4/c1-3-42-27-12-13-38(22-8-5-20(32)6-9-22)30(40)28(27)29(39)37-21-7-10-23(25(33)15-21)18-4-11-26(41-2)24(14-18)19-16-35-31(34)36-17-19/h4-17H,3H2,1-2H3,(H,37,39)(H2,34,35,36). The van der Waals surface area contributed by atoms with Gasteiger partial charge in [-0.2, -0.15) is 0 Å². The van der Waals surface area contributed by atoms with Crippen LogP contribution in [0.3, 0.4) is 0 Å². The highest BCUT2D eigenvalue weighted by molar-refractivity contribution is 6.06. The molecule has 5 rings (SSSR count). The summed E-state index contributed by atoms with van der Waals surface area (Å²) in [5, 5.41) is 2.59. The van der Waals surface area contributed by atoms with Crippen molar-refractivity contribution in [1.82, 2.24) is 14.5 Å². The molecule has 0 aliphatic carbocycles. The van der Waals surface area contributed by atoms with Gasteiger partial charge in [0.2, 0.25) is 5.95 Å². The molecule has 0 atom stereocenters. The Balaban J connectivity index is 1.46. The predicted molar refractivity (Wildman–Crippen MR) is 155 cm³/mol. The molecule has 0 saturated heterocycles. The highest BCUT2D eigenvalue weighted by Crippen LogP contribution is 2.35. The van der Waals surface area contributed by atoms with Gasteiger partial charge in [-0.1, -0.05) is 6.07 Å². The van der Waals surface area contributed by atoms with E-state index in [9.17, 15) is 14.0 Å². The van der Waals surface area contributed by atoms with E-state index in [0.29, 0.717) is 28.1 Å². The summed E-state index contributed by atoms with van der Waals surface area (Å²) < 4.78 is 41.0. The van der Waals surface area contributed by atoms with Crippen LogP contribution in [0.5, 0.6) is 11.5 Å². The monoisotopic (exact) mass is 569 g/mol. The lowest BCUT2D eigenvalue weighted by molar-refractivity contribution is 0.102. The molecule has 1 amide bonds. The van der Waals surface area contributed by atoms with Gasteiger partial charge in [0.25, 0.3) is 11.5 Å². The Hall–Kier alpha value is -5.58. The molecular formula is C31H25F2N5O4. The molecule has 0 saturated carbocycles. The third kappa shape index (κ3) is 5.66. The van der Waals surface area contributed by atoms with Crippen LogP contribution in [-0.2, 0) is 0 Å². The number of ether oxygens (including phenoxy) is 2. The Morgan fingerprint density at radius 2 is 1.67 bits per heavy atom. The van der Waals surface area contributed by atoms with Gasteiger partial charge in [0.1, 0.15) is 28.7 Å². The van der Waals surface area contributed by atoms with Crippen LogP contribution in [0.2, 0.25) is 0 Å². The molecule has 0 aliphatic heterocycles. The van der Waals surface area contributed by atoms with Crippen LogP contribution >= 0.6 is 0 Å². The topological polar surface area (TPSA) is 121 Å². The number of hydrogen-bond acceptors (Lipinski definition) is 7. The lowest BCUT2D eigenvalue weighted by atomic mass is 9.99. The van der Waals surface area contributed by atoms with Crippen LogP contribution in [0, 0.1) is 11.6 Å². The minimum Gasteiger partial charge on any atom is -0.496 e. The van der Waals surface area contributed by atoms with Gasteiger partial charge in [-0.3, -0.25) is 14.2 Å². The number of rotatable bonds is 8. The lowest BCUT2D eigenvalue weighted by Crippen LogP contribution is -2.29. The van der Waals surface area contributed by atoms with Crippen molar-refractivity contribution in [2.24, 2.45) is 0 Å². The van der Waals surface area contributed by atoms with Gasteiger partial charge >= 0.3 is 0 Å². The Kier molecular flexibility index (Phi) is 7.91. The fraction of sp³-hybridized carbons (Fsp3) is 0.0968. The third-order valence-electron chi connectivity index (χ3n) is 6.41. The Labute approximate surface area is 239 Å². The maximum atomic E-state index is 15.4. The van der Waals surface area contributed by atoms with Crippen molar-refractivity contribution in [3.8, 4) is 39.4 Å². The van der Waals surface area contributed by atoms with Gasteiger partial charge in [-0.25, -0.2) is 18.7 Å². The number of methoxy groups -OCH3 is 1. The van der Waals surface area contributed by atoms with Gasteiger partial charge < -0.3 is 20.5 Å². The first-order valence-electron chi connectivity index (χ1n) is 12.8. The quantitative estimate of drug-likeness (QED) is 0.254. The number of benzene rings is 3. The van der Waals surface area contributed by atoms with Crippen molar-refractivity contribution in [3.05, 3.63) is 113 Å². The molecule has 9 nitrogen and oxygen atoms in total. The Morgan fingerprint density at radius 1 is 0.929 bits per heavy atom. The first kappa shape index (κ1) is 28.0. The first-order valence-corrected chi connectivity index (χ1v) is 12.8. The van der Waals surface area contributed by atoms with E-state index in [1.807, 2.05) is 0 Å². The van der Waals surface area contributed by atoms with Crippen molar-refractivity contribution in [2.75, 3.05) is 24.8 Å². The fourth-order valence-electron chi connectivity index (χ4n) is 4.41. The maximum Gasteiger partial charge on any atom is 0.271 e. The van der Waals surface area contributed by atoms with Crippen LogP contribution in [0.1, 0.15) is 17.3 Å². The van der Waals surface area contributed by atoms with E-state index in [1.54, 1.807) is 37.5 Å². The number of hydrogen-bond donors (Lipinski definition) is 2. The van der Waals surface area contributed by atoms with E-state index in [0.717, 1.165) is 6.07 Å². The first-order chi connectivity index (χ1) is 20.3. The van der Waals surface area contributed by atoms with Crippen molar-refractivity contribution in [1.29, 1.82) is 0 Å². The third-order valence-corrected chi connectivity index (χ3v) is 6.41. The van der Waals surface area contributed by atoms with E-state index in [-0.39, 0.29) is 35.1 Å². The number of nitrogen functional groups attached to an aromatic ring is 1. The minimum atomic E-state index is -0.790. The van der Waals surface area contributed by atoms with Crippen LogP contribution in [0.4, 0.5) is 20.4 Å². The molecule has 5 aromatic rings. The molecule has 42 heavy (non-hydrogen) atoms. The predicted octanol–water partition coefficient (Wildman–Crippen LogP) is 5.48. The summed E-state index contributed by atoms with van der Waals surface area (Å²) in [4.78, 5) is 34.7. The molecular weight excluding hydrogens is 544 g/mol. The number of nitrogens with one attached hydrogen (secondary N) is 1. The molecule has 2 heterocycles. The van der Waals surface area contributed by atoms with Gasteiger partial charge in [-0.15, -0.1) is 0 Å². The van der Waals surface area contributed by atoms with Gasteiger partial charge in [0.05, 0.1) is 13.7 Å². The zero-order chi connectivity index (χ0) is 29.8. The molecule has 0 bridgehead atoms. The van der Waals surface area contributed by atoms with Gasteiger partial charge in [0, 0.05) is 46.7 Å². The second kappa shape index (κ2) is 11.9. The van der Waals surface area contributed by atoms with E-state index >= 15 is 4.39 Å². The number of nitrogens with two attached hydrogens (primary N) is 1. The summed E-state index contributed by atoms with van der Waals surface area (Å²) in [7, 11) is 1.52. The zero-order valence-corrected chi connectivity index (χ0v) is 22.6. The van der Waals surface area contributed by atoms with Crippen molar-refractivity contribution in [3.63, 3.8) is 0 Å². The molecule has 3 aromatic carbocycles. The molecule has 0 radical (unpaired) electrons. The average molecular weight is 570 g/mol. The number of pyridine rings is 1. The summed E-state index contributed by atoms with van der Waals surface area (Å²) in [6.07, 6.45) is 4.53. The zero-order valence-electron chi connectivity index (χ0n) is 22.6. The molecule has 212 valence electrons. The van der Waals surface area contributed by atoms with E-state index in [1.165, 1.54) is 60.3 Å². The molecule has 0 fully saturated rings. The highest BCUT2D eigenvalue weighted by atomic mass is 19.1. The number of anilines is 2. The summed E-state index contributed by atoms with van der Waals surface area (Å²) in [5.41, 5.74) is 7.20. The SMILES string of the molecule is CCOc1ccn(-c2ccc(F)cc2)c(=O)c1C(=O)Nc1ccc(-c2ccc(OC)c(-c3cnc(N)nc3)c2)c(F)c1. The van der Waals surface area contributed by atoms with E-state index < -0.39 is 23.1 Å². The van der Waals surface area contributed by atoms with E-state index in [4.69, 9.17) is 15.2 Å². The number of amides is 1. The highest BCUT2D eigenvalue weighted by Gasteiger charge is 2.21. The second-order valence-corrected chi connectivity index (χ2v) is 9.03. The average Bonchev–Trinajstić information content (AvgIpc) is 2.98. The molecule has 0 spiro atoms.